The van der Waals surface area contributed by atoms with Crippen LogP contribution in [0.2, 0.25) is 0 Å². The number of benzene rings is 11. The summed E-state index contributed by atoms with van der Waals surface area (Å²) < 4.78 is 4.60. The molecule has 0 aliphatic carbocycles. The van der Waals surface area contributed by atoms with E-state index in [0.717, 1.165) is 77.2 Å². The fourth-order valence-electron chi connectivity index (χ4n) is 10.5. The van der Waals surface area contributed by atoms with Crippen LogP contribution >= 0.6 is 0 Å². The number of hydrogen-bond acceptors (Lipinski definition) is 2. The molecule has 13 rings (SSSR count). The van der Waals surface area contributed by atoms with Gasteiger partial charge in [0.1, 0.15) is 11.5 Å². The maximum atomic E-state index is 10.8. The van der Waals surface area contributed by atoms with E-state index in [0.29, 0.717) is 0 Å². The van der Waals surface area contributed by atoms with Gasteiger partial charge < -0.3 is 19.3 Å². The van der Waals surface area contributed by atoms with Crippen LogP contribution < -0.4 is 0 Å². The molecule has 0 spiro atoms. The summed E-state index contributed by atoms with van der Waals surface area (Å²) >= 11 is 0. The summed E-state index contributed by atoms with van der Waals surface area (Å²) in [6.07, 6.45) is 0. The predicted octanol–water partition coefficient (Wildman–Crippen LogP) is 14.7. The van der Waals surface area contributed by atoms with Gasteiger partial charge in [-0.3, -0.25) is 0 Å². The summed E-state index contributed by atoms with van der Waals surface area (Å²) in [5.41, 5.74) is 11.1. The summed E-state index contributed by atoms with van der Waals surface area (Å²) in [6.45, 7) is 0. The minimum Gasteiger partial charge on any atom is -0.508 e. The lowest BCUT2D eigenvalue weighted by Crippen LogP contribution is -1.93. The predicted molar refractivity (Wildman–Crippen MR) is 251 cm³/mol. The van der Waals surface area contributed by atoms with Crippen molar-refractivity contribution >= 4 is 86.7 Å². The molecule has 280 valence electrons. The van der Waals surface area contributed by atoms with Crippen LogP contribution in [0.3, 0.4) is 0 Å². The highest BCUT2D eigenvalue weighted by atomic mass is 16.3. The minimum absolute atomic E-state index is 0.252. The molecule has 60 heavy (non-hydrogen) atoms. The number of nitrogens with zero attached hydrogens (tertiary/aromatic N) is 2. The molecule has 0 atom stereocenters. The van der Waals surface area contributed by atoms with Crippen molar-refractivity contribution in [3.63, 3.8) is 0 Å². The smallest absolute Gasteiger partial charge is 0.116 e. The third kappa shape index (κ3) is 4.45. The molecule has 2 N–H and O–H groups in total. The van der Waals surface area contributed by atoms with Crippen molar-refractivity contribution in [1.29, 1.82) is 0 Å². The highest BCUT2D eigenvalue weighted by Crippen LogP contribution is 2.49. The van der Waals surface area contributed by atoms with Crippen molar-refractivity contribution in [3.8, 4) is 45.1 Å². The van der Waals surface area contributed by atoms with Crippen LogP contribution in [0.4, 0.5) is 0 Å². The standard InChI is InChI=1S/C56H34N2O2/c59-35-23-29-49-47(31-35)55-41(19-9-21-51(55)57(49)33-11-3-1-4-12-33)37-25-27-45-46-28-26-38(40-16-8-18-44(54(40)46)43-17-7-15-39(37)53(43)45)42-20-10-22-52-56(42)48-32-36(60)24-30-50(48)58(52)34-13-5-2-6-14-34/h1-32,59-60H. The Bertz CT molecular complexity index is 3620. The van der Waals surface area contributed by atoms with Crippen molar-refractivity contribution in [1.82, 2.24) is 9.13 Å². The Morgan fingerprint density at radius 2 is 0.650 bits per heavy atom. The van der Waals surface area contributed by atoms with Crippen LogP contribution in [0.25, 0.3) is 120 Å². The first-order chi connectivity index (χ1) is 29.6. The molecule has 2 aromatic heterocycles. The van der Waals surface area contributed by atoms with Crippen molar-refractivity contribution in [2.75, 3.05) is 0 Å². The van der Waals surface area contributed by atoms with Gasteiger partial charge in [-0.2, -0.15) is 0 Å². The summed E-state index contributed by atoms with van der Waals surface area (Å²) in [4.78, 5) is 0. The average molecular weight is 767 g/mol. The number of phenols is 2. The van der Waals surface area contributed by atoms with Gasteiger partial charge in [-0.05, 0) is 138 Å². The van der Waals surface area contributed by atoms with E-state index in [1.807, 2.05) is 36.4 Å². The number of para-hydroxylation sites is 2. The van der Waals surface area contributed by atoms with Crippen LogP contribution in [-0.4, -0.2) is 19.3 Å². The van der Waals surface area contributed by atoms with Gasteiger partial charge in [0.25, 0.3) is 0 Å². The molecule has 13 aromatic rings. The van der Waals surface area contributed by atoms with Gasteiger partial charge >= 0.3 is 0 Å². The fourth-order valence-corrected chi connectivity index (χ4v) is 10.5. The summed E-state index contributed by atoms with van der Waals surface area (Å²) in [6, 6.07) is 68.2. The van der Waals surface area contributed by atoms with Crippen LogP contribution in [0, 0.1) is 0 Å². The molecular formula is C56H34N2O2. The summed E-state index contributed by atoms with van der Waals surface area (Å²) in [5, 5.41) is 35.7. The Balaban J connectivity index is 1.08. The lowest BCUT2D eigenvalue weighted by Gasteiger charge is -2.19. The number of phenolic OH excluding ortho intramolecular Hbond substituents is 2. The topological polar surface area (TPSA) is 50.3 Å². The van der Waals surface area contributed by atoms with Gasteiger partial charge in [0.05, 0.1) is 22.1 Å². The maximum Gasteiger partial charge on any atom is 0.116 e. The SMILES string of the molecule is Oc1ccc2c(c1)c1c(-c3ccc4c5ccc(-c6cccc7c6c6cc(O)ccc6n7-c6ccccc6)c6cccc(c7cccc3c74)c65)cccc1n2-c1ccccc1. The number of aromatic nitrogens is 2. The number of rotatable bonds is 4. The Hall–Kier alpha value is -8.08. The normalized spacial score (nSPS) is 12.1. The lowest BCUT2D eigenvalue weighted by molar-refractivity contribution is 0.475. The number of hydrogen-bond donors (Lipinski definition) is 2. The Kier molecular flexibility index (Phi) is 6.71. The Morgan fingerprint density at radius 1 is 0.250 bits per heavy atom. The van der Waals surface area contributed by atoms with E-state index in [-0.39, 0.29) is 11.5 Å². The van der Waals surface area contributed by atoms with Gasteiger partial charge in [0, 0.05) is 32.9 Å². The van der Waals surface area contributed by atoms with E-state index < -0.39 is 0 Å². The van der Waals surface area contributed by atoms with Crippen molar-refractivity contribution in [2.45, 2.75) is 0 Å². The first kappa shape index (κ1) is 32.9. The van der Waals surface area contributed by atoms with E-state index in [1.54, 1.807) is 12.1 Å². The van der Waals surface area contributed by atoms with Gasteiger partial charge in [-0.15, -0.1) is 0 Å². The van der Waals surface area contributed by atoms with E-state index in [1.165, 1.54) is 43.1 Å². The van der Waals surface area contributed by atoms with Crippen LogP contribution in [-0.2, 0) is 0 Å². The average Bonchev–Trinajstić information content (AvgIpc) is 3.80. The van der Waals surface area contributed by atoms with Gasteiger partial charge in [-0.1, -0.05) is 121 Å². The summed E-state index contributed by atoms with van der Waals surface area (Å²) in [5.74, 6) is 0.503. The molecule has 0 unspecified atom stereocenters. The Labute approximate surface area is 344 Å². The second-order valence-electron chi connectivity index (χ2n) is 15.9. The molecule has 0 radical (unpaired) electrons. The van der Waals surface area contributed by atoms with E-state index >= 15 is 0 Å². The molecule has 0 bridgehead atoms. The fraction of sp³-hybridized carbons (Fsp3) is 0. The molecule has 0 aliphatic heterocycles. The van der Waals surface area contributed by atoms with E-state index in [4.69, 9.17) is 0 Å². The molecule has 4 nitrogen and oxygen atoms in total. The highest BCUT2D eigenvalue weighted by Gasteiger charge is 2.23. The first-order valence-corrected chi connectivity index (χ1v) is 20.4. The monoisotopic (exact) mass is 766 g/mol. The molecular weight excluding hydrogens is 733 g/mol. The highest BCUT2D eigenvalue weighted by molar-refractivity contribution is 6.36. The molecule has 0 fully saturated rings. The van der Waals surface area contributed by atoms with Crippen LogP contribution in [0.1, 0.15) is 0 Å². The van der Waals surface area contributed by atoms with E-state index in [9.17, 15) is 10.2 Å². The number of fused-ring (bicyclic) bond motifs is 8. The van der Waals surface area contributed by atoms with Gasteiger partial charge in [-0.25, -0.2) is 0 Å². The third-order valence-electron chi connectivity index (χ3n) is 12.8. The summed E-state index contributed by atoms with van der Waals surface area (Å²) in [7, 11) is 0. The van der Waals surface area contributed by atoms with Crippen molar-refractivity contribution in [3.05, 3.63) is 194 Å². The first-order valence-electron chi connectivity index (χ1n) is 20.4. The molecule has 0 saturated carbocycles. The zero-order valence-corrected chi connectivity index (χ0v) is 32.3. The molecule has 0 aliphatic rings. The maximum absolute atomic E-state index is 10.8. The van der Waals surface area contributed by atoms with Gasteiger partial charge in [0.2, 0.25) is 0 Å². The zero-order chi connectivity index (χ0) is 39.6. The zero-order valence-electron chi connectivity index (χ0n) is 32.3. The lowest BCUT2D eigenvalue weighted by atomic mass is 9.84. The second kappa shape index (κ2) is 12.2. The third-order valence-corrected chi connectivity index (χ3v) is 12.8. The quantitative estimate of drug-likeness (QED) is 0.138. The Morgan fingerprint density at radius 3 is 1.10 bits per heavy atom. The molecule has 4 heteroatoms. The van der Waals surface area contributed by atoms with Gasteiger partial charge in [0.15, 0.2) is 0 Å². The minimum atomic E-state index is 0.252. The number of aromatic hydroxyl groups is 2. The van der Waals surface area contributed by atoms with Crippen LogP contribution in [0.15, 0.2) is 194 Å². The second-order valence-corrected chi connectivity index (χ2v) is 15.9. The van der Waals surface area contributed by atoms with E-state index in [2.05, 4.69) is 155 Å². The van der Waals surface area contributed by atoms with Crippen molar-refractivity contribution < 1.29 is 10.2 Å². The van der Waals surface area contributed by atoms with Crippen LogP contribution in [0.5, 0.6) is 11.5 Å². The molecule has 11 aromatic carbocycles. The molecule has 2 heterocycles. The largest absolute Gasteiger partial charge is 0.508 e. The van der Waals surface area contributed by atoms with Crippen molar-refractivity contribution in [2.24, 2.45) is 0 Å². The molecule has 0 saturated heterocycles. The molecule has 0 amide bonds.